The van der Waals surface area contributed by atoms with E-state index in [1.165, 1.54) is 12.8 Å². The van der Waals surface area contributed by atoms with Gasteiger partial charge in [0.15, 0.2) is 5.75 Å². The number of carbonyl (C=O) groups is 1. The van der Waals surface area contributed by atoms with Crippen LogP contribution in [0.15, 0.2) is 24.3 Å². The second-order valence-corrected chi connectivity index (χ2v) is 8.20. The number of pyridine rings is 1. The zero-order valence-corrected chi connectivity index (χ0v) is 20.6. The van der Waals surface area contributed by atoms with E-state index in [0.717, 1.165) is 35.4 Å². The van der Waals surface area contributed by atoms with Crippen molar-refractivity contribution in [2.45, 2.75) is 66.4 Å². The molecule has 2 aromatic rings. The van der Waals surface area contributed by atoms with E-state index in [9.17, 15) is 4.79 Å². The van der Waals surface area contributed by atoms with Gasteiger partial charge in [-0.25, -0.2) is 4.98 Å². The Hall–Kier alpha value is -2.42. The van der Waals surface area contributed by atoms with Crippen molar-refractivity contribution < 1.29 is 24.1 Å². The summed E-state index contributed by atoms with van der Waals surface area (Å²) >= 11 is 0. The molecule has 0 unspecified atom stereocenters. The van der Waals surface area contributed by atoms with E-state index in [2.05, 4.69) is 9.89 Å². The SMILES string of the molecule is CC.COCCC(=O)OC(C)(C)C.Cc1ccc2c(OON)cc(N3CCCC3)nc2c1. The van der Waals surface area contributed by atoms with Crippen molar-refractivity contribution in [3.8, 4) is 5.75 Å². The van der Waals surface area contributed by atoms with Gasteiger partial charge in [-0.05, 0) is 58.2 Å². The van der Waals surface area contributed by atoms with Gasteiger partial charge in [-0.1, -0.05) is 24.9 Å². The number of benzene rings is 1. The first-order valence-electron chi connectivity index (χ1n) is 11.1. The zero-order chi connectivity index (χ0) is 24.1. The van der Waals surface area contributed by atoms with Crippen LogP contribution in [0.2, 0.25) is 0 Å². The molecule has 8 nitrogen and oxygen atoms in total. The molecule has 2 N–H and O–H groups in total. The molecule has 0 aliphatic carbocycles. The van der Waals surface area contributed by atoms with Crippen LogP contribution < -0.4 is 15.7 Å². The van der Waals surface area contributed by atoms with Gasteiger partial charge in [0.1, 0.15) is 11.4 Å². The summed E-state index contributed by atoms with van der Waals surface area (Å²) in [7, 11) is 1.56. The Morgan fingerprint density at radius 1 is 1.16 bits per heavy atom. The Labute approximate surface area is 191 Å². The van der Waals surface area contributed by atoms with Crippen molar-refractivity contribution >= 4 is 22.7 Å². The number of aryl methyl sites for hydroxylation is 1. The van der Waals surface area contributed by atoms with Crippen molar-refractivity contribution in [1.82, 2.24) is 4.98 Å². The number of carbonyl (C=O) groups excluding carboxylic acids is 1. The average molecular weight is 450 g/mol. The highest BCUT2D eigenvalue weighted by Gasteiger charge is 2.17. The first-order valence-corrected chi connectivity index (χ1v) is 11.1. The Kier molecular flexibility index (Phi) is 12.0. The molecule has 3 rings (SSSR count). The molecular weight excluding hydrogens is 410 g/mol. The fourth-order valence-electron chi connectivity index (χ4n) is 3.10. The monoisotopic (exact) mass is 449 g/mol. The summed E-state index contributed by atoms with van der Waals surface area (Å²) in [6.45, 7) is 14.1. The van der Waals surface area contributed by atoms with Gasteiger partial charge in [-0.2, -0.15) is 5.90 Å². The topological polar surface area (TPSA) is 96.1 Å². The van der Waals surface area contributed by atoms with Crippen molar-refractivity contribution in [2.75, 3.05) is 31.7 Å². The predicted octanol–water partition coefficient (Wildman–Crippen LogP) is 4.72. The molecule has 1 aromatic heterocycles. The van der Waals surface area contributed by atoms with Crippen LogP contribution in [-0.2, 0) is 19.3 Å². The first-order chi connectivity index (χ1) is 15.2. The highest BCUT2D eigenvalue weighted by atomic mass is 17.3. The van der Waals surface area contributed by atoms with Gasteiger partial charge in [0.05, 0.1) is 18.5 Å². The second kappa shape index (κ2) is 13.9. The molecule has 0 spiro atoms. The van der Waals surface area contributed by atoms with Crippen molar-refractivity contribution in [2.24, 2.45) is 5.90 Å². The minimum atomic E-state index is -0.384. The van der Waals surface area contributed by atoms with Crippen LogP contribution in [0.3, 0.4) is 0 Å². The molecule has 2 heterocycles. The molecular formula is C24H39N3O5. The Morgan fingerprint density at radius 3 is 2.38 bits per heavy atom. The summed E-state index contributed by atoms with van der Waals surface area (Å²) in [6, 6.07) is 7.91. The largest absolute Gasteiger partial charge is 0.460 e. The van der Waals surface area contributed by atoms with E-state index < -0.39 is 0 Å². The lowest BCUT2D eigenvalue weighted by atomic mass is 10.1. The third-order valence-corrected chi connectivity index (χ3v) is 4.41. The number of nitrogens with zero attached hydrogens (tertiary/aromatic N) is 2. The fraction of sp³-hybridized carbons (Fsp3) is 0.583. The van der Waals surface area contributed by atoms with E-state index in [4.69, 9.17) is 25.2 Å². The van der Waals surface area contributed by atoms with Gasteiger partial charge in [0.2, 0.25) is 0 Å². The number of hydrogen-bond donors (Lipinski definition) is 1. The van der Waals surface area contributed by atoms with Crippen LogP contribution in [0.1, 0.15) is 59.4 Å². The zero-order valence-electron chi connectivity index (χ0n) is 20.6. The Morgan fingerprint density at radius 2 is 1.81 bits per heavy atom. The molecule has 8 heteroatoms. The number of rotatable bonds is 6. The Balaban J connectivity index is 0.000000340. The van der Waals surface area contributed by atoms with E-state index in [0.29, 0.717) is 18.8 Å². The summed E-state index contributed by atoms with van der Waals surface area (Å²) in [4.78, 5) is 27.3. The maximum Gasteiger partial charge on any atom is 0.308 e. The fourth-order valence-corrected chi connectivity index (χ4v) is 3.10. The molecule has 0 amide bonds. The molecule has 1 aliphatic heterocycles. The van der Waals surface area contributed by atoms with Crippen molar-refractivity contribution in [3.63, 3.8) is 0 Å². The van der Waals surface area contributed by atoms with Gasteiger partial charge in [0, 0.05) is 31.7 Å². The summed E-state index contributed by atoms with van der Waals surface area (Å²) in [6.07, 6.45) is 2.74. The standard InChI is InChI=1S/C14H17N3O2.C8H16O3.C2H6/c1-10-4-5-11-12(8-10)16-14(9-13(11)18-19-15)17-6-2-3-7-17;1-8(2,3)11-7(9)5-6-10-4;1-2/h4-5,8-9H,2-3,6-7,15H2,1H3;5-6H2,1-4H3;1-2H3. The van der Waals surface area contributed by atoms with E-state index >= 15 is 0 Å². The van der Waals surface area contributed by atoms with Crippen LogP contribution in [0, 0.1) is 6.92 Å². The minimum absolute atomic E-state index is 0.209. The lowest BCUT2D eigenvalue weighted by molar-refractivity contribution is -0.210. The van der Waals surface area contributed by atoms with Crippen LogP contribution in [0.4, 0.5) is 5.82 Å². The number of anilines is 1. The van der Waals surface area contributed by atoms with Crippen LogP contribution in [-0.4, -0.2) is 43.4 Å². The highest BCUT2D eigenvalue weighted by molar-refractivity contribution is 5.87. The molecule has 1 fully saturated rings. The number of hydrogen-bond acceptors (Lipinski definition) is 8. The number of methoxy groups -OCH3 is 1. The molecule has 0 atom stereocenters. The molecule has 180 valence electrons. The van der Waals surface area contributed by atoms with E-state index in [1.807, 2.05) is 65.8 Å². The first kappa shape index (κ1) is 27.6. The van der Waals surface area contributed by atoms with Crippen LogP contribution >= 0.6 is 0 Å². The van der Waals surface area contributed by atoms with Gasteiger partial charge in [-0.3, -0.25) is 4.79 Å². The molecule has 1 saturated heterocycles. The number of fused-ring (bicyclic) bond motifs is 1. The summed E-state index contributed by atoms with van der Waals surface area (Å²) < 4.78 is 9.75. The van der Waals surface area contributed by atoms with Gasteiger partial charge < -0.3 is 19.3 Å². The number of aromatic nitrogens is 1. The molecule has 0 saturated carbocycles. The quantitative estimate of drug-likeness (QED) is 0.384. The van der Waals surface area contributed by atoms with E-state index in [1.54, 1.807) is 7.11 Å². The molecule has 1 aliphatic rings. The van der Waals surface area contributed by atoms with Crippen molar-refractivity contribution in [1.29, 1.82) is 0 Å². The van der Waals surface area contributed by atoms with Crippen molar-refractivity contribution in [3.05, 3.63) is 29.8 Å². The molecule has 1 aromatic carbocycles. The molecule has 32 heavy (non-hydrogen) atoms. The van der Waals surface area contributed by atoms with E-state index in [-0.39, 0.29) is 11.6 Å². The normalized spacial score (nSPS) is 13.1. The Bertz CT molecular complexity index is 830. The lowest BCUT2D eigenvalue weighted by Gasteiger charge is -2.19. The third-order valence-electron chi connectivity index (χ3n) is 4.41. The predicted molar refractivity (Wildman–Crippen MR) is 128 cm³/mol. The van der Waals surface area contributed by atoms with Crippen LogP contribution in [0.25, 0.3) is 10.9 Å². The molecule has 0 bridgehead atoms. The maximum absolute atomic E-state index is 10.9. The number of nitrogens with two attached hydrogens (primary N) is 1. The summed E-state index contributed by atoms with van der Waals surface area (Å²) in [5.41, 5.74) is 1.68. The summed E-state index contributed by atoms with van der Waals surface area (Å²) in [5.74, 6) is 6.34. The smallest absolute Gasteiger partial charge is 0.308 e. The van der Waals surface area contributed by atoms with Gasteiger partial charge >= 0.3 is 5.97 Å². The maximum atomic E-state index is 10.9. The number of ether oxygens (including phenoxy) is 2. The summed E-state index contributed by atoms with van der Waals surface area (Å²) in [5, 5.41) is 0.902. The highest BCUT2D eigenvalue weighted by Crippen LogP contribution is 2.31. The number of esters is 1. The molecule has 0 radical (unpaired) electrons. The lowest BCUT2D eigenvalue weighted by Crippen LogP contribution is -2.24. The van der Waals surface area contributed by atoms with Crippen LogP contribution in [0.5, 0.6) is 5.75 Å². The van der Waals surface area contributed by atoms with Gasteiger partial charge in [-0.15, -0.1) is 0 Å². The van der Waals surface area contributed by atoms with Gasteiger partial charge in [0.25, 0.3) is 0 Å². The minimum Gasteiger partial charge on any atom is -0.460 e. The second-order valence-electron chi connectivity index (χ2n) is 8.20. The average Bonchev–Trinajstić information content (AvgIpc) is 3.28. The third kappa shape index (κ3) is 9.38.